The molecule has 0 N–H and O–H groups in total. The van der Waals surface area contributed by atoms with Gasteiger partial charge in [0, 0.05) is 14.1 Å². The lowest BCUT2D eigenvalue weighted by Gasteiger charge is -2.24. The summed E-state index contributed by atoms with van der Waals surface area (Å²) in [4.78, 5) is 92.2. The zero-order valence-electron chi connectivity index (χ0n) is 21.1. The summed E-state index contributed by atoms with van der Waals surface area (Å²) in [5.41, 5.74) is -0.432. The van der Waals surface area contributed by atoms with Crippen LogP contribution >= 0.6 is 0 Å². The highest BCUT2D eigenvalue weighted by Crippen LogP contribution is 2.26. The second kappa shape index (κ2) is 9.21. The van der Waals surface area contributed by atoms with E-state index in [1.165, 1.54) is 53.8 Å². The van der Waals surface area contributed by atoms with Gasteiger partial charge in [-0.2, -0.15) is 0 Å². The van der Waals surface area contributed by atoms with Crippen molar-refractivity contribution in [2.45, 2.75) is 12.6 Å². The first-order valence-electron chi connectivity index (χ1n) is 12.0. The largest absolute Gasteiger partial charge is 0.332 e. The number of rotatable bonds is 7. The molecule has 4 aromatic rings. The minimum atomic E-state index is -1.18. The Morgan fingerprint density at radius 2 is 1.23 bits per heavy atom. The van der Waals surface area contributed by atoms with Gasteiger partial charge < -0.3 is 4.57 Å². The molecule has 0 fully saturated rings. The summed E-state index contributed by atoms with van der Waals surface area (Å²) in [6, 6.07) is 12.4. The first kappa shape index (κ1) is 25.1. The minimum absolute atomic E-state index is 0.00495. The molecular weight excluding hydrogens is 524 g/mol. The fraction of sp³-hybridized carbons (Fsp3) is 0.192. The number of carbonyl (C=O) groups excluding carboxylic acids is 4. The van der Waals surface area contributed by atoms with E-state index in [-0.39, 0.29) is 40.0 Å². The van der Waals surface area contributed by atoms with Crippen LogP contribution in [0.25, 0.3) is 11.2 Å². The summed E-state index contributed by atoms with van der Waals surface area (Å²) in [6.45, 7) is -0.662. The Labute approximate surface area is 224 Å². The van der Waals surface area contributed by atoms with Crippen molar-refractivity contribution in [1.82, 2.24) is 28.8 Å². The van der Waals surface area contributed by atoms with Crippen LogP contribution in [0, 0.1) is 0 Å². The van der Waals surface area contributed by atoms with Crippen LogP contribution in [0.2, 0.25) is 0 Å². The average Bonchev–Trinajstić information content (AvgIpc) is 3.57. The van der Waals surface area contributed by atoms with Gasteiger partial charge in [-0.15, -0.1) is 10.1 Å². The van der Waals surface area contributed by atoms with Gasteiger partial charge in [0.15, 0.2) is 5.52 Å². The molecule has 202 valence electrons. The number of carbonyl (C=O) groups is 4. The predicted octanol–water partition coefficient (Wildman–Crippen LogP) is 0.258. The molecule has 14 heteroatoms. The second-order valence-corrected chi connectivity index (χ2v) is 9.20. The maximum atomic E-state index is 13.0. The van der Waals surface area contributed by atoms with Crippen molar-refractivity contribution in [3.8, 4) is 0 Å². The van der Waals surface area contributed by atoms with Crippen molar-refractivity contribution in [3.05, 3.63) is 98.0 Å². The molecule has 0 bridgehead atoms. The monoisotopic (exact) mass is 544 g/mol. The Hall–Kier alpha value is -5.21. The van der Waals surface area contributed by atoms with Crippen LogP contribution in [0.4, 0.5) is 0 Å². The van der Waals surface area contributed by atoms with Gasteiger partial charge in [-0.1, -0.05) is 24.3 Å². The third kappa shape index (κ3) is 3.69. The zero-order valence-corrected chi connectivity index (χ0v) is 21.1. The van der Waals surface area contributed by atoms with Crippen LogP contribution in [0.5, 0.6) is 0 Å². The lowest BCUT2D eigenvalue weighted by atomic mass is 10.1. The molecule has 14 nitrogen and oxygen atoms in total. The number of hydroxylamine groups is 4. The van der Waals surface area contributed by atoms with Crippen LogP contribution in [0.3, 0.4) is 0 Å². The van der Waals surface area contributed by atoms with E-state index in [9.17, 15) is 28.8 Å². The SMILES string of the molecule is Cn1c(=O)c2ncn(CC(CON3C(=O)c4ccccc4C3=O)ON3C(=O)c4ccccc4C3=O)c2n(C)c1=O. The third-order valence-corrected chi connectivity index (χ3v) is 6.77. The van der Waals surface area contributed by atoms with Gasteiger partial charge in [0.25, 0.3) is 29.2 Å². The third-order valence-electron chi connectivity index (χ3n) is 6.77. The zero-order chi connectivity index (χ0) is 28.3. The Bertz CT molecular complexity index is 1820. The van der Waals surface area contributed by atoms with E-state index in [4.69, 9.17) is 9.68 Å². The molecule has 0 radical (unpaired) electrons. The van der Waals surface area contributed by atoms with Crippen molar-refractivity contribution in [3.63, 3.8) is 0 Å². The fourth-order valence-corrected chi connectivity index (χ4v) is 4.76. The van der Waals surface area contributed by atoms with Crippen molar-refractivity contribution in [2.75, 3.05) is 6.61 Å². The number of amides is 4. The van der Waals surface area contributed by atoms with Gasteiger partial charge in [0.05, 0.1) is 35.1 Å². The highest BCUT2D eigenvalue weighted by Gasteiger charge is 2.40. The summed E-state index contributed by atoms with van der Waals surface area (Å²) in [6.07, 6.45) is 0.120. The van der Waals surface area contributed by atoms with E-state index < -0.39 is 47.6 Å². The number of aromatic nitrogens is 4. The van der Waals surface area contributed by atoms with E-state index >= 15 is 0 Å². The molecule has 2 aromatic carbocycles. The van der Waals surface area contributed by atoms with Crippen LogP contribution in [-0.4, -0.2) is 65.2 Å². The quantitative estimate of drug-likeness (QED) is 0.298. The van der Waals surface area contributed by atoms with Crippen molar-refractivity contribution >= 4 is 34.8 Å². The molecule has 2 aliphatic heterocycles. The van der Waals surface area contributed by atoms with E-state index in [0.717, 1.165) is 4.57 Å². The smallest absolute Gasteiger partial charge is 0.314 e. The summed E-state index contributed by atoms with van der Waals surface area (Å²) < 4.78 is 3.55. The molecule has 2 aliphatic rings. The highest BCUT2D eigenvalue weighted by molar-refractivity contribution is 6.21. The number of imide groups is 2. The Morgan fingerprint density at radius 3 is 1.75 bits per heavy atom. The van der Waals surface area contributed by atoms with Gasteiger partial charge in [-0.3, -0.25) is 42.8 Å². The maximum absolute atomic E-state index is 13.0. The predicted molar refractivity (Wildman–Crippen MR) is 135 cm³/mol. The van der Waals surface area contributed by atoms with E-state index in [0.29, 0.717) is 10.1 Å². The van der Waals surface area contributed by atoms with Crippen molar-refractivity contribution < 1.29 is 28.9 Å². The van der Waals surface area contributed by atoms with E-state index in [1.54, 1.807) is 24.3 Å². The second-order valence-electron chi connectivity index (χ2n) is 9.20. The molecule has 2 aromatic heterocycles. The van der Waals surface area contributed by atoms with Crippen LogP contribution in [0.1, 0.15) is 41.4 Å². The minimum Gasteiger partial charge on any atom is -0.314 e. The lowest BCUT2D eigenvalue weighted by Crippen LogP contribution is -2.41. The molecule has 1 atom stereocenters. The van der Waals surface area contributed by atoms with Crippen LogP contribution in [0.15, 0.2) is 64.4 Å². The number of nitrogens with zero attached hydrogens (tertiary/aromatic N) is 6. The van der Waals surface area contributed by atoms with E-state index in [1.807, 2.05) is 0 Å². The maximum Gasteiger partial charge on any atom is 0.332 e. The number of imidazole rings is 1. The fourth-order valence-electron chi connectivity index (χ4n) is 4.76. The Kier molecular flexibility index (Phi) is 5.78. The molecule has 0 spiro atoms. The number of aryl methyl sites for hydroxylation is 1. The van der Waals surface area contributed by atoms with Gasteiger partial charge in [-0.05, 0) is 24.3 Å². The number of benzene rings is 2. The molecule has 0 saturated heterocycles. The molecule has 40 heavy (non-hydrogen) atoms. The van der Waals surface area contributed by atoms with Crippen molar-refractivity contribution in [1.29, 1.82) is 0 Å². The van der Waals surface area contributed by atoms with Gasteiger partial charge in [0.2, 0.25) is 0 Å². The first-order valence-corrected chi connectivity index (χ1v) is 12.0. The number of hydrogen-bond donors (Lipinski definition) is 0. The van der Waals surface area contributed by atoms with Gasteiger partial charge >= 0.3 is 5.69 Å². The Balaban J connectivity index is 1.33. The molecule has 0 saturated carbocycles. The lowest BCUT2D eigenvalue weighted by molar-refractivity contribution is -0.185. The number of hydrogen-bond acceptors (Lipinski definition) is 9. The Morgan fingerprint density at radius 1 is 0.725 bits per heavy atom. The van der Waals surface area contributed by atoms with Gasteiger partial charge in [-0.25, -0.2) is 9.78 Å². The summed E-state index contributed by atoms with van der Waals surface area (Å²) >= 11 is 0. The van der Waals surface area contributed by atoms with Crippen molar-refractivity contribution in [2.24, 2.45) is 14.1 Å². The number of fused-ring (bicyclic) bond motifs is 3. The van der Waals surface area contributed by atoms with Gasteiger partial charge in [0.1, 0.15) is 18.4 Å². The first-order chi connectivity index (χ1) is 19.2. The molecule has 4 heterocycles. The highest BCUT2D eigenvalue weighted by atomic mass is 16.7. The molecule has 6 rings (SSSR count). The molecule has 1 unspecified atom stereocenters. The van der Waals surface area contributed by atoms with Crippen LogP contribution in [-0.2, 0) is 30.3 Å². The summed E-state index contributed by atoms with van der Waals surface area (Å²) in [5, 5.41) is 1.17. The molecule has 4 amide bonds. The standard InChI is InChI=1S/C26H20N6O8/c1-28-20-19(25(37)29(2)26(28)38)27-13-30(20)11-14(40-32-23(35)17-9-5-6-10-18(17)24(32)36)12-39-31-21(33)15-7-3-4-8-16(15)22(31)34/h3-10,13-14H,11-12H2,1-2H3. The molecule has 0 aliphatic carbocycles. The summed E-state index contributed by atoms with van der Waals surface area (Å²) in [5.74, 6) is -2.77. The normalized spacial score (nSPS) is 15.3. The molecular formula is C26H20N6O8. The van der Waals surface area contributed by atoms with Crippen LogP contribution < -0.4 is 11.2 Å². The van der Waals surface area contributed by atoms with E-state index in [2.05, 4.69) is 4.98 Å². The topological polar surface area (TPSA) is 155 Å². The average molecular weight is 544 g/mol. The summed E-state index contributed by atoms with van der Waals surface area (Å²) in [7, 11) is 2.78.